The predicted octanol–water partition coefficient (Wildman–Crippen LogP) is 3.21. The lowest BCUT2D eigenvalue weighted by Gasteiger charge is -2.10. The maximum atomic E-state index is 10.5. The fraction of sp³-hybridized carbons (Fsp3) is 0.105. The zero-order chi connectivity index (χ0) is 17.1. The highest BCUT2D eigenvalue weighted by Crippen LogP contribution is 2.31. The van der Waals surface area contributed by atoms with Gasteiger partial charge in [-0.2, -0.15) is 0 Å². The number of hydrogen-bond donors (Lipinski definition) is 2. The molecule has 0 unspecified atom stereocenters. The van der Waals surface area contributed by atoms with Gasteiger partial charge in [-0.05, 0) is 31.5 Å². The highest BCUT2D eigenvalue weighted by atomic mass is 16.1. The molecule has 3 rings (SSSR count). The molecule has 0 aliphatic carbocycles. The number of aryl methyl sites for hydroxylation is 2. The molecule has 0 bridgehead atoms. The van der Waals surface area contributed by atoms with Crippen molar-refractivity contribution in [3.63, 3.8) is 0 Å². The molecule has 0 radical (unpaired) electrons. The van der Waals surface area contributed by atoms with Crippen molar-refractivity contribution in [2.75, 3.05) is 0 Å². The summed E-state index contributed by atoms with van der Waals surface area (Å²) in [5.74, 6) is 0.0490. The first-order chi connectivity index (χ1) is 11.6. The van der Waals surface area contributed by atoms with Gasteiger partial charge in [-0.3, -0.25) is 10.1 Å². The van der Waals surface area contributed by atoms with E-state index in [9.17, 15) is 4.79 Å². The van der Waals surface area contributed by atoms with Crippen molar-refractivity contribution >= 4 is 29.0 Å². The Bertz CT molecular complexity index is 947. The van der Waals surface area contributed by atoms with E-state index >= 15 is 0 Å². The molecule has 3 N–H and O–H groups in total. The van der Waals surface area contributed by atoms with E-state index in [0.29, 0.717) is 12.1 Å². The third-order valence-electron chi connectivity index (χ3n) is 3.80. The summed E-state index contributed by atoms with van der Waals surface area (Å²) in [6.45, 7) is 4.12. The zero-order valence-corrected chi connectivity index (χ0v) is 13.6. The molecular weight excluding hydrogens is 300 g/mol. The average molecular weight is 318 g/mol. The molecule has 0 saturated carbocycles. The minimum atomic E-state index is 0.0490. The molecule has 0 aliphatic heterocycles. The van der Waals surface area contributed by atoms with Crippen molar-refractivity contribution in [2.24, 2.45) is 10.7 Å². The van der Waals surface area contributed by atoms with E-state index in [1.807, 2.05) is 30.3 Å². The molecular formula is C19H18N4O. The smallest absolute Gasteiger partial charge is 0.213 e. The Morgan fingerprint density at radius 2 is 1.96 bits per heavy atom. The molecule has 0 fully saturated rings. The van der Waals surface area contributed by atoms with Gasteiger partial charge in [0.1, 0.15) is 0 Å². The third-order valence-corrected chi connectivity index (χ3v) is 3.80. The molecule has 0 aliphatic rings. The van der Waals surface area contributed by atoms with Crippen LogP contribution in [0, 0.1) is 13.8 Å². The van der Waals surface area contributed by atoms with Gasteiger partial charge in [0, 0.05) is 10.9 Å². The minimum absolute atomic E-state index is 0.0490. The van der Waals surface area contributed by atoms with Crippen molar-refractivity contribution < 1.29 is 4.79 Å². The number of nitrogens with one attached hydrogen (secondary N) is 1. The second-order valence-corrected chi connectivity index (χ2v) is 5.62. The number of aliphatic imine (C=N–C) groups is 1. The van der Waals surface area contributed by atoms with Gasteiger partial charge in [-0.25, -0.2) is 9.98 Å². The van der Waals surface area contributed by atoms with Gasteiger partial charge in [-0.15, -0.1) is 0 Å². The molecule has 2 aromatic carbocycles. The molecule has 5 heteroatoms. The fourth-order valence-electron chi connectivity index (χ4n) is 2.71. The Labute approximate surface area is 140 Å². The normalized spacial score (nSPS) is 11.5. The van der Waals surface area contributed by atoms with Crippen LogP contribution in [0.4, 0.5) is 5.69 Å². The van der Waals surface area contributed by atoms with Gasteiger partial charge < -0.3 is 5.73 Å². The highest BCUT2D eigenvalue weighted by molar-refractivity contribution is 5.97. The topological polar surface area (TPSA) is 80.4 Å². The summed E-state index contributed by atoms with van der Waals surface area (Å²) in [6.07, 6.45) is 0.507. The van der Waals surface area contributed by atoms with Crippen molar-refractivity contribution in [1.29, 1.82) is 0 Å². The lowest BCUT2D eigenvalue weighted by atomic mass is 10.0. The van der Waals surface area contributed by atoms with Gasteiger partial charge in [-0.1, -0.05) is 42.0 Å². The Morgan fingerprint density at radius 1 is 1.17 bits per heavy atom. The second kappa shape index (κ2) is 6.50. The summed E-state index contributed by atoms with van der Waals surface area (Å²) in [4.78, 5) is 19.6. The minimum Gasteiger partial charge on any atom is -0.369 e. The molecule has 0 spiro atoms. The summed E-state index contributed by atoms with van der Waals surface area (Å²) >= 11 is 0. The van der Waals surface area contributed by atoms with Gasteiger partial charge in [0.05, 0.1) is 16.9 Å². The molecule has 120 valence electrons. The van der Waals surface area contributed by atoms with Crippen LogP contribution >= 0.6 is 0 Å². The number of guanidine groups is 1. The predicted molar refractivity (Wildman–Crippen MR) is 97.1 cm³/mol. The number of nitrogens with zero attached hydrogens (tertiary/aromatic N) is 2. The molecule has 3 aromatic rings. The number of aromatic nitrogens is 1. The van der Waals surface area contributed by atoms with E-state index < -0.39 is 0 Å². The number of rotatable bonds is 3. The molecule has 0 atom stereocenters. The van der Waals surface area contributed by atoms with Gasteiger partial charge in [0.2, 0.25) is 6.41 Å². The monoisotopic (exact) mass is 318 g/mol. The summed E-state index contributed by atoms with van der Waals surface area (Å²) in [6, 6.07) is 15.8. The van der Waals surface area contributed by atoms with Crippen LogP contribution in [0.2, 0.25) is 0 Å². The standard InChI is InChI=1S/C19H18N4O/c1-12-7-8-14(13(2)9-12)17-10-18(23-19(20)21-11-24)15-5-3-4-6-16(15)22-17/h3-11H,1-2H3,(H3,20,21,22,23,24). The summed E-state index contributed by atoms with van der Waals surface area (Å²) < 4.78 is 0. The summed E-state index contributed by atoms with van der Waals surface area (Å²) in [5.41, 5.74) is 11.4. The van der Waals surface area contributed by atoms with Crippen molar-refractivity contribution in [1.82, 2.24) is 10.3 Å². The first-order valence-electron chi connectivity index (χ1n) is 7.60. The highest BCUT2D eigenvalue weighted by Gasteiger charge is 2.09. The second-order valence-electron chi connectivity index (χ2n) is 5.62. The van der Waals surface area contributed by atoms with Gasteiger partial charge in [0.15, 0.2) is 5.96 Å². The van der Waals surface area contributed by atoms with E-state index in [4.69, 9.17) is 10.7 Å². The molecule has 24 heavy (non-hydrogen) atoms. The Kier molecular flexibility index (Phi) is 4.24. The molecule has 1 amide bonds. The van der Waals surface area contributed by atoms with Crippen LogP contribution in [0.5, 0.6) is 0 Å². The largest absolute Gasteiger partial charge is 0.369 e. The number of carbonyl (C=O) groups excluding carboxylic acids is 1. The van der Waals surface area contributed by atoms with Gasteiger partial charge in [0.25, 0.3) is 0 Å². The molecule has 0 saturated heterocycles. The van der Waals surface area contributed by atoms with Crippen LogP contribution in [-0.4, -0.2) is 17.4 Å². The molecule has 1 aromatic heterocycles. The average Bonchev–Trinajstić information content (AvgIpc) is 2.55. The summed E-state index contributed by atoms with van der Waals surface area (Å²) in [5, 5.41) is 3.24. The first-order valence-corrected chi connectivity index (χ1v) is 7.60. The number of fused-ring (bicyclic) bond motifs is 1. The molecule has 1 heterocycles. The van der Waals surface area contributed by atoms with Crippen LogP contribution in [0.3, 0.4) is 0 Å². The maximum Gasteiger partial charge on any atom is 0.213 e. The number of benzene rings is 2. The lowest BCUT2D eigenvalue weighted by Crippen LogP contribution is -2.29. The number of para-hydroxylation sites is 1. The van der Waals surface area contributed by atoms with Crippen molar-refractivity contribution in [3.8, 4) is 11.3 Å². The first kappa shape index (κ1) is 15.7. The van der Waals surface area contributed by atoms with Crippen molar-refractivity contribution in [2.45, 2.75) is 13.8 Å². The maximum absolute atomic E-state index is 10.5. The van der Waals surface area contributed by atoms with Gasteiger partial charge >= 0.3 is 0 Å². The number of amides is 1. The van der Waals surface area contributed by atoms with Crippen molar-refractivity contribution in [3.05, 3.63) is 59.7 Å². The number of pyridine rings is 1. The molecule has 5 nitrogen and oxygen atoms in total. The van der Waals surface area contributed by atoms with Crippen LogP contribution in [0.1, 0.15) is 11.1 Å². The van der Waals surface area contributed by atoms with Crippen LogP contribution < -0.4 is 11.1 Å². The SMILES string of the molecule is Cc1ccc(-c2cc(N=C(N)NC=O)c3ccccc3n2)c(C)c1. The van der Waals surface area contributed by atoms with E-state index in [0.717, 1.165) is 27.7 Å². The van der Waals surface area contributed by atoms with Crippen LogP contribution in [0.15, 0.2) is 53.5 Å². The van der Waals surface area contributed by atoms with E-state index in [1.54, 1.807) is 0 Å². The Hall–Kier alpha value is -3.21. The number of carbonyl (C=O) groups is 1. The van der Waals surface area contributed by atoms with Crippen LogP contribution in [0.25, 0.3) is 22.2 Å². The van der Waals surface area contributed by atoms with E-state index in [1.165, 1.54) is 5.56 Å². The fourth-order valence-corrected chi connectivity index (χ4v) is 2.71. The quantitative estimate of drug-likeness (QED) is 0.442. The summed E-state index contributed by atoms with van der Waals surface area (Å²) in [7, 11) is 0. The Balaban J connectivity index is 2.23. The number of nitrogens with two attached hydrogens (primary N) is 1. The van der Waals surface area contributed by atoms with E-state index in [-0.39, 0.29) is 5.96 Å². The third kappa shape index (κ3) is 3.10. The lowest BCUT2D eigenvalue weighted by molar-refractivity contribution is -0.108. The van der Waals surface area contributed by atoms with E-state index in [2.05, 4.69) is 42.4 Å². The zero-order valence-electron chi connectivity index (χ0n) is 13.6. The van der Waals surface area contributed by atoms with Crippen LogP contribution in [-0.2, 0) is 4.79 Å². The Morgan fingerprint density at radius 3 is 2.71 bits per heavy atom. The number of hydrogen-bond acceptors (Lipinski definition) is 3.